The van der Waals surface area contributed by atoms with Crippen LogP contribution in [0.1, 0.15) is 109 Å². The Morgan fingerprint density at radius 1 is 0.672 bits per heavy atom. The summed E-state index contributed by atoms with van der Waals surface area (Å²) in [5.74, 6) is -9.45. The van der Waals surface area contributed by atoms with Crippen molar-refractivity contribution < 1.29 is 68.3 Å². The number of nitrogens with zero attached hydrogens (tertiary/aromatic N) is 1. The zero-order chi connectivity index (χ0) is 51.2. The maximum absolute atomic E-state index is 14.1. The number of aliphatic carboxylic acids is 1. The van der Waals surface area contributed by atoms with E-state index in [0.717, 1.165) is 0 Å². The quantitative estimate of drug-likeness (QED) is 0.0214. The minimum absolute atomic E-state index is 0. The molecule has 0 aromatic rings. The first kappa shape index (κ1) is 63.3. The first-order chi connectivity index (χ1) is 30.4. The fourth-order valence-electron chi connectivity index (χ4n) is 5.86. The van der Waals surface area contributed by atoms with Gasteiger partial charge in [-0.25, -0.2) is 9.59 Å². The fourth-order valence-corrected chi connectivity index (χ4v) is 5.86. The highest BCUT2D eigenvalue weighted by Gasteiger charge is 2.37. The zero-order valence-corrected chi connectivity index (χ0v) is 39.9. The number of guanidine groups is 1. The number of aliphatic hydroxyl groups is 3. The van der Waals surface area contributed by atoms with Crippen LogP contribution in [0.5, 0.6) is 0 Å². The van der Waals surface area contributed by atoms with E-state index >= 15 is 0 Å². The van der Waals surface area contributed by atoms with Gasteiger partial charge in [-0.15, -0.1) is 0 Å². The molecular weight excluding hydrogens is 883 g/mol. The van der Waals surface area contributed by atoms with Crippen molar-refractivity contribution in [1.29, 1.82) is 0 Å². The van der Waals surface area contributed by atoms with Gasteiger partial charge in [0.1, 0.15) is 47.9 Å². The summed E-state index contributed by atoms with van der Waals surface area (Å²) >= 11 is 0. The minimum atomic E-state index is -1.67. The molecular formula is C42H79N11O14. The average molecular weight is 962 g/mol. The van der Waals surface area contributed by atoms with Crippen LogP contribution in [0.4, 0.5) is 4.79 Å². The predicted molar refractivity (Wildman–Crippen MR) is 246 cm³/mol. The molecule has 67 heavy (non-hydrogen) atoms. The summed E-state index contributed by atoms with van der Waals surface area (Å²) in [6.45, 7) is 15.8. The van der Waals surface area contributed by atoms with Crippen LogP contribution in [0.15, 0.2) is 4.99 Å². The number of rotatable bonds is 28. The number of hydrogen-bond acceptors (Lipinski definition) is 14. The Kier molecular flexibility index (Phi) is 28.8. The summed E-state index contributed by atoms with van der Waals surface area (Å²) in [6, 6.07) is -10.2. The molecule has 0 aliphatic carbocycles. The molecule has 0 bridgehead atoms. The smallest absolute Gasteiger partial charge is 0.408 e. The van der Waals surface area contributed by atoms with E-state index in [4.69, 9.17) is 26.4 Å². The minimum Gasteiger partial charge on any atom is -0.480 e. The van der Waals surface area contributed by atoms with E-state index in [0.29, 0.717) is 6.42 Å². The maximum atomic E-state index is 14.1. The molecule has 0 fully saturated rings. The fraction of sp³-hybridized carbons (Fsp3) is 0.762. The lowest BCUT2D eigenvalue weighted by molar-refractivity contribution is -0.143. The summed E-state index contributed by atoms with van der Waals surface area (Å²) in [5.41, 5.74) is 10.00. The second-order valence-electron chi connectivity index (χ2n) is 17.7. The summed E-state index contributed by atoms with van der Waals surface area (Å²) < 4.78 is 5.28. The number of amides is 8. The van der Waals surface area contributed by atoms with Crippen molar-refractivity contribution in [3.8, 4) is 0 Å². The van der Waals surface area contributed by atoms with Gasteiger partial charge in [0, 0.05) is 6.54 Å². The van der Waals surface area contributed by atoms with Crippen molar-refractivity contribution >= 4 is 59.4 Å². The Labute approximate surface area is 392 Å². The molecule has 0 unspecified atom stereocenters. The third kappa shape index (κ3) is 24.5. The number of carboxylic acid groups (broad SMARTS) is 1. The van der Waals surface area contributed by atoms with Crippen LogP contribution in [-0.2, 0) is 43.1 Å². The van der Waals surface area contributed by atoms with Crippen LogP contribution >= 0.6 is 0 Å². The Bertz CT molecular complexity index is 1680. The highest BCUT2D eigenvalue weighted by atomic mass is 16.6. The lowest BCUT2D eigenvalue weighted by atomic mass is 9.96. The molecule has 16 N–H and O–H groups in total. The molecule has 0 aromatic heterocycles. The Hall–Kier alpha value is -5.82. The van der Waals surface area contributed by atoms with Gasteiger partial charge in [0.2, 0.25) is 41.4 Å². The predicted octanol–water partition coefficient (Wildman–Crippen LogP) is -2.82. The van der Waals surface area contributed by atoms with Gasteiger partial charge in [-0.1, -0.05) is 55.4 Å². The topological polar surface area (TPSA) is 404 Å². The standard InChI is InChI=1S/C41H75N11O14.CH4/c1-12-21(6)28(36(61)51-29(23(8)54)35(60)45-17-27(55)46-22(7)32(57)49-26(18-53)38(63)64)50-33(58)24(14-13-15-44-39(42)43)47-34(59)25(16-19(2)3)48-37(62)30(31(56)20(4)5)52-40(65)66-41(9,10)11;/h19-26,28-31,53-54,56H,12-18H2,1-11H3,(H,45,60)(H,46,55)(H,47,59)(H,48,62)(H,49,57)(H,50,58)(H,51,61)(H,52,65)(H,63,64)(H4,42,43,44);1H4/t21-,22-,23-,24+,25-,26-,28-,29-,30-,31+;/m0./s1. The zero-order valence-electron chi connectivity index (χ0n) is 39.9. The van der Waals surface area contributed by atoms with Crippen molar-refractivity contribution in [2.45, 2.75) is 169 Å². The lowest BCUT2D eigenvalue weighted by Crippen LogP contribution is -2.62. The second-order valence-corrected chi connectivity index (χ2v) is 17.7. The van der Waals surface area contributed by atoms with Gasteiger partial charge in [-0.05, 0) is 71.6 Å². The molecule has 0 saturated carbocycles. The first-order valence-corrected chi connectivity index (χ1v) is 21.8. The van der Waals surface area contributed by atoms with Gasteiger partial charge in [0.05, 0.1) is 25.4 Å². The number of alkyl carbamates (subject to hydrolysis) is 1. The van der Waals surface area contributed by atoms with Gasteiger partial charge in [0.25, 0.3) is 0 Å². The number of nitrogens with two attached hydrogens (primary N) is 2. The number of ether oxygens (including phenoxy) is 1. The van der Waals surface area contributed by atoms with E-state index in [1.807, 2.05) is 5.32 Å². The van der Waals surface area contributed by atoms with Crippen molar-refractivity contribution in [3.63, 3.8) is 0 Å². The number of aliphatic imine (C=N–C) groups is 1. The Morgan fingerprint density at radius 2 is 1.19 bits per heavy atom. The van der Waals surface area contributed by atoms with Crippen LogP contribution in [0.2, 0.25) is 0 Å². The molecule has 0 spiro atoms. The number of aliphatic hydroxyl groups excluding tert-OH is 3. The number of nitrogens with one attached hydrogen (secondary N) is 8. The first-order valence-electron chi connectivity index (χ1n) is 21.8. The molecule has 8 amide bonds. The van der Waals surface area contributed by atoms with Gasteiger partial charge in [-0.3, -0.25) is 38.6 Å². The molecule has 25 heteroatoms. The molecule has 0 rings (SSSR count). The van der Waals surface area contributed by atoms with Crippen molar-refractivity contribution in [2.24, 2.45) is 34.2 Å². The maximum Gasteiger partial charge on any atom is 0.408 e. The van der Waals surface area contributed by atoms with E-state index in [9.17, 15) is 53.4 Å². The van der Waals surface area contributed by atoms with Crippen LogP contribution in [0.3, 0.4) is 0 Å². The number of hydrogen-bond donors (Lipinski definition) is 14. The highest BCUT2D eigenvalue weighted by Crippen LogP contribution is 2.14. The summed E-state index contributed by atoms with van der Waals surface area (Å²) in [7, 11) is 0. The molecule has 25 nitrogen and oxygen atoms in total. The normalized spacial score (nSPS) is 15.7. The van der Waals surface area contributed by atoms with E-state index < -0.39 is 139 Å². The van der Waals surface area contributed by atoms with Crippen LogP contribution in [-0.4, -0.2) is 160 Å². The third-order valence-corrected chi connectivity index (χ3v) is 9.74. The highest BCUT2D eigenvalue weighted by molar-refractivity contribution is 5.97. The number of carbonyl (C=O) groups excluding carboxylic acids is 8. The second kappa shape index (κ2) is 30.5. The molecule has 0 aliphatic rings. The van der Waals surface area contributed by atoms with Crippen LogP contribution < -0.4 is 54.0 Å². The molecule has 0 aliphatic heterocycles. The molecule has 0 aromatic carbocycles. The summed E-state index contributed by atoms with van der Waals surface area (Å²) in [5, 5.41) is 58.7. The van der Waals surface area contributed by atoms with E-state index in [2.05, 4.69) is 42.2 Å². The lowest BCUT2D eigenvalue weighted by Gasteiger charge is -2.31. The van der Waals surface area contributed by atoms with Crippen LogP contribution in [0, 0.1) is 17.8 Å². The Balaban J connectivity index is 0. The van der Waals surface area contributed by atoms with E-state index in [1.54, 1.807) is 62.3 Å². The van der Waals surface area contributed by atoms with E-state index in [1.165, 1.54) is 13.8 Å². The molecule has 0 heterocycles. The van der Waals surface area contributed by atoms with Crippen molar-refractivity contribution in [2.75, 3.05) is 19.7 Å². The molecule has 386 valence electrons. The molecule has 0 radical (unpaired) electrons. The monoisotopic (exact) mass is 962 g/mol. The van der Waals surface area contributed by atoms with Crippen LogP contribution in [0.25, 0.3) is 0 Å². The van der Waals surface area contributed by atoms with Gasteiger partial charge >= 0.3 is 12.1 Å². The van der Waals surface area contributed by atoms with Crippen molar-refractivity contribution in [3.05, 3.63) is 0 Å². The molecule has 0 saturated heterocycles. The third-order valence-electron chi connectivity index (χ3n) is 9.74. The van der Waals surface area contributed by atoms with Gasteiger partial charge < -0.3 is 79.2 Å². The molecule has 10 atom stereocenters. The summed E-state index contributed by atoms with van der Waals surface area (Å²) in [4.78, 5) is 121. The average Bonchev–Trinajstić information content (AvgIpc) is 3.20. The largest absolute Gasteiger partial charge is 0.480 e. The SMILES string of the molecule is C.CC[C@H](C)[C@H](NC(=O)[C@@H](CCCN=C(N)N)NC(=O)[C@H](CC(C)C)NC(=O)[C@@H](NC(=O)OC(C)(C)C)[C@H](O)C(C)C)C(=O)N[C@H](C(=O)NCC(=O)N[C@@H](C)C(=O)N[C@@H](CO)C(=O)O)[C@H](C)O. The number of carboxylic acids is 1. The summed E-state index contributed by atoms with van der Waals surface area (Å²) in [6.07, 6.45) is -3.51. The van der Waals surface area contributed by atoms with Gasteiger partial charge in [0.15, 0.2) is 5.96 Å². The Morgan fingerprint density at radius 3 is 1.67 bits per heavy atom. The van der Waals surface area contributed by atoms with E-state index in [-0.39, 0.29) is 45.1 Å². The number of carbonyl (C=O) groups is 9. The van der Waals surface area contributed by atoms with Gasteiger partial charge in [-0.2, -0.15) is 0 Å². The van der Waals surface area contributed by atoms with Crippen molar-refractivity contribution in [1.82, 2.24) is 42.5 Å².